The molecule has 1 fully saturated rings. The highest BCUT2D eigenvalue weighted by atomic mass is 16.5. The lowest BCUT2D eigenvalue weighted by molar-refractivity contribution is -0.136. The Morgan fingerprint density at radius 3 is 2.61 bits per heavy atom. The maximum Gasteiger partial charge on any atom is 0.260 e. The monoisotopic (exact) mass is 320 g/mol. The summed E-state index contributed by atoms with van der Waals surface area (Å²) in [6, 6.07) is 7.30. The fourth-order valence-electron chi connectivity index (χ4n) is 2.57. The summed E-state index contributed by atoms with van der Waals surface area (Å²) < 4.78 is 11.2. The number of nitrogens with two attached hydrogens (primary N) is 1. The van der Waals surface area contributed by atoms with Crippen LogP contribution in [0.2, 0.25) is 0 Å². The molecule has 0 bridgehead atoms. The SMILES string of the molecule is CCCOc1ccccc1OCC(=O)N1CCCC(C(N)=O)C1. The molecule has 1 atom stereocenters. The molecular formula is C17H24N2O4. The molecule has 1 aromatic carbocycles. The Balaban J connectivity index is 1.90. The predicted molar refractivity (Wildman–Crippen MR) is 86.2 cm³/mol. The van der Waals surface area contributed by atoms with Gasteiger partial charge in [-0.1, -0.05) is 19.1 Å². The molecule has 1 heterocycles. The lowest BCUT2D eigenvalue weighted by atomic mass is 9.97. The molecule has 0 spiro atoms. The normalized spacial score (nSPS) is 17.6. The van der Waals surface area contributed by atoms with Crippen LogP contribution >= 0.6 is 0 Å². The molecule has 1 aliphatic rings. The number of hydrogen-bond acceptors (Lipinski definition) is 4. The number of nitrogens with zero attached hydrogens (tertiary/aromatic N) is 1. The van der Waals surface area contributed by atoms with E-state index in [-0.39, 0.29) is 24.3 Å². The van der Waals surface area contributed by atoms with Crippen LogP contribution in [0.5, 0.6) is 11.5 Å². The first-order chi connectivity index (χ1) is 11.1. The molecule has 0 radical (unpaired) electrons. The molecule has 6 nitrogen and oxygen atoms in total. The van der Waals surface area contributed by atoms with Gasteiger partial charge in [0.1, 0.15) is 0 Å². The number of rotatable bonds is 7. The Bertz CT molecular complexity index is 547. The van der Waals surface area contributed by atoms with Crippen molar-refractivity contribution in [2.24, 2.45) is 11.7 Å². The van der Waals surface area contributed by atoms with Gasteiger partial charge in [-0.2, -0.15) is 0 Å². The molecule has 1 aliphatic heterocycles. The largest absolute Gasteiger partial charge is 0.490 e. The fraction of sp³-hybridized carbons (Fsp3) is 0.529. The summed E-state index contributed by atoms with van der Waals surface area (Å²) in [5.41, 5.74) is 5.34. The van der Waals surface area contributed by atoms with E-state index in [9.17, 15) is 9.59 Å². The van der Waals surface area contributed by atoms with Crippen molar-refractivity contribution >= 4 is 11.8 Å². The smallest absolute Gasteiger partial charge is 0.260 e. The minimum Gasteiger partial charge on any atom is -0.490 e. The number of para-hydroxylation sites is 2. The van der Waals surface area contributed by atoms with E-state index in [2.05, 4.69) is 0 Å². The molecular weight excluding hydrogens is 296 g/mol. The van der Waals surface area contributed by atoms with Crippen LogP contribution in [-0.4, -0.2) is 43.0 Å². The van der Waals surface area contributed by atoms with Crippen molar-refractivity contribution in [1.29, 1.82) is 0 Å². The second-order valence-electron chi connectivity index (χ2n) is 5.67. The summed E-state index contributed by atoms with van der Waals surface area (Å²) in [7, 11) is 0. The number of carbonyl (C=O) groups excluding carboxylic acids is 2. The zero-order valence-electron chi connectivity index (χ0n) is 13.5. The number of likely N-dealkylation sites (tertiary alicyclic amines) is 1. The average molecular weight is 320 g/mol. The Labute approximate surface area is 136 Å². The zero-order valence-corrected chi connectivity index (χ0v) is 13.5. The summed E-state index contributed by atoms with van der Waals surface area (Å²) in [6.45, 7) is 3.57. The summed E-state index contributed by atoms with van der Waals surface area (Å²) in [4.78, 5) is 25.2. The number of ether oxygens (including phenoxy) is 2. The zero-order chi connectivity index (χ0) is 16.7. The summed E-state index contributed by atoms with van der Waals surface area (Å²) in [6.07, 6.45) is 2.43. The molecule has 23 heavy (non-hydrogen) atoms. The van der Waals surface area contributed by atoms with Gasteiger partial charge in [0.15, 0.2) is 18.1 Å². The molecule has 6 heteroatoms. The summed E-state index contributed by atoms with van der Waals surface area (Å²) >= 11 is 0. The van der Waals surface area contributed by atoms with Crippen LogP contribution in [0, 0.1) is 5.92 Å². The van der Waals surface area contributed by atoms with E-state index < -0.39 is 0 Å². The van der Waals surface area contributed by atoms with Gasteiger partial charge in [0.2, 0.25) is 5.91 Å². The Morgan fingerprint density at radius 1 is 1.26 bits per heavy atom. The third kappa shape index (κ3) is 4.87. The summed E-state index contributed by atoms with van der Waals surface area (Å²) in [5, 5.41) is 0. The van der Waals surface area contributed by atoms with Crippen LogP contribution in [0.15, 0.2) is 24.3 Å². The van der Waals surface area contributed by atoms with Crippen molar-refractivity contribution < 1.29 is 19.1 Å². The topological polar surface area (TPSA) is 81.9 Å². The van der Waals surface area contributed by atoms with Gasteiger partial charge in [-0.25, -0.2) is 0 Å². The van der Waals surface area contributed by atoms with Crippen molar-refractivity contribution in [3.05, 3.63) is 24.3 Å². The van der Waals surface area contributed by atoms with Crippen molar-refractivity contribution in [2.45, 2.75) is 26.2 Å². The first kappa shape index (κ1) is 17.1. The highest BCUT2D eigenvalue weighted by Gasteiger charge is 2.27. The lowest BCUT2D eigenvalue weighted by Crippen LogP contribution is -2.45. The van der Waals surface area contributed by atoms with Crippen molar-refractivity contribution in [1.82, 2.24) is 4.90 Å². The molecule has 2 amide bonds. The molecule has 0 aromatic heterocycles. The van der Waals surface area contributed by atoms with Gasteiger partial charge in [-0.05, 0) is 31.4 Å². The summed E-state index contributed by atoms with van der Waals surface area (Å²) in [5.74, 6) is 0.449. The fourth-order valence-corrected chi connectivity index (χ4v) is 2.57. The Kier molecular flexibility index (Phi) is 6.26. The highest BCUT2D eigenvalue weighted by Crippen LogP contribution is 2.26. The third-order valence-corrected chi connectivity index (χ3v) is 3.84. The molecule has 2 rings (SSSR count). The molecule has 1 saturated heterocycles. The number of carbonyl (C=O) groups is 2. The van der Waals surface area contributed by atoms with Gasteiger partial charge in [0.25, 0.3) is 5.91 Å². The third-order valence-electron chi connectivity index (χ3n) is 3.84. The Hall–Kier alpha value is -2.24. The Morgan fingerprint density at radius 2 is 1.96 bits per heavy atom. The number of primary amides is 1. The van der Waals surface area contributed by atoms with Gasteiger partial charge in [-0.3, -0.25) is 9.59 Å². The van der Waals surface area contributed by atoms with Crippen LogP contribution in [-0.2, 0) is 9.59 Å². The maximum atomic E-state index is 12.3. The van der Waals surface area contributed by atoms with E-state index >= 15 is 0 Å². The number of hydrogen-bond donors (Lipinski definition) is 1. The second-order valence-corrected chi connectivity index (χ2v) is 5.67. The standard InChI is InChI=1S/C17H24N2O4/c1-2-10-22-14-7-3-4-8-15(14)23-12-16(20)19-9-5-6-13(11-19)17(18)21/h3-4,7-8,13H,2,5-6,9-12H2,1H3,(H2,18,21). The number of amides is 2. The lowest BCUT2D eigenvalue weighted by Gasteiger charge is -2.31. The average Bonchev–Trinajstić information content (AvgIpc) is 2.58. The molecule has 0 saturated carbocycles. The minimum absolute atomic E-state index is 0.0714. The van der Waals surface area contributed by atoms with Crippen LogP contribution < -0.4 is 15.2 Å². The van der Waals surface area contributed by atoms with E-state index in [1.54, 1.807) is 11.0 Å². The highest BCUT2D eigenvalue weighted by molar-refractivity contribution is 5.81. The van der Waals surface area contributed by atoms with Crippen molar-refractivity contribution in [2.75, 3.05) is 26.3 Å². The van der Waals surface area contributed by atoms with E-state index in [0.717, 1.165) is 19.3 Å². The molecule has 126 valence electrons. The van der Waals surface area contributed by atoms with Crippen molar-refractivity contribution in [3.63, 3.8) is 0 Å². The van der Waals surface area contributed by atoms with E-state index in [4.69, 9.17) is 15.2 Å². The molecule has 1 unspecified atom stereocenters. The molecule has 0 aliphatic carbocycles. The van der Waals surface area contributed by atoms with Gasteiger partial charge in [-0.15, -0.1) is 0 Å². The van der Waals surface area contributed by atoms with E-state index in [0.29, 0.717) is 31.2 Å². The number of benzene rings is 1. The molecule has 1 aromatic rings. The maximum absolute atomic E-state index is 12.3. The van der Waals surface area contributed by atoms with Gasteiger partial charge >= 0.3 is 0 Å². The van der Waals surface area contributed by atoms with Crippen molar-refractivity contribution in [3.8, 4) is 11.5 Å². The van der Waals surface area contributed by atoms with Crippen LogP contribution in [0.4, 0.5) is 0 Å². The minimum atomic E-state index is -0.346. The second kappa shape index (κ2) is 8.41. The van der Waals surface area contributed by atoms with E-state index in [1.165, 1.54) is 0 Å². The predicted octanol–water partition coefficient (Wildman–Crippen LogP) is 1.58. The van der Waals surface area contributed by atoms with Gasteiger partial charge in [0, 0.05) is 13.1 Å². The molecule has 2 N–H and O–H groups in total. The first-order valence-corrected chi connectivity index (χ1v) is 8.03. The van der Waals surface area contributed by atoms with E-state index in [1.807, 2.05) is 25.1 Å². The van der Waals surface area contributed by atoms with Crippen LogP contribution in [0.1, 0.15) is 26.2 Å². The van der Waals surface area contributed by atoms with Crippen LogP contribution in [0.25, 0.3) is 0 Å². The quantitative estimate of drug-likeness (QED) is 0.827. The van der Waals surface area contributed by atoms with Crippen LogP contribution in [0.3, 0.4) is 0 Å². The number of piperidine rings is 1. The van der Waals surface area contributed by atoms with Gasteiger partial charge in [0.05, 0.1) is 12.5 Å². The first-order valence-electron chi connectivity index (χ1n) is 8.03. The van der Waals surface area contributed by atoms with Gasteiger partial charge < -0.3 is 20.1 Å².